The van der Waals surface area contributed by atoms with Crippen LogP contribution in [0.5, 0.6) is 0 Å². The maximum atomic E-state index is 11.4. The molecule has 5 nitrogen and oxygen atoms in total. The Morgan fingerprint density at radius 3 is 2.53 bits per heavy atom. The Balaban J connectivity index is 2.95. The molecule has 1 aromatic heterocycles. The maximum absolute atomic E-state index is 11.4. The molecule has 1 aromatic rings. The van der Waals surface area contributed by atoms with E-state index in [1.807, 2.05) is 0 Å². The van der Waals surface area contributed by atoms with Crippen LogP contribution in [0, 0.1) is 5.41 Å². The van der Waals surface area contributed by atoms with Gasteiger partial charge < -0.3 is 14.4 Å². The van der Waals surface area contributed by atoms with Crippen LogP contribution in [0.4, 0.5) is 0 Å². The van der Waals surface area contributed by atoms with Crippen LogP contribution in [0.15, 0.2) is 12.3 Å². The van der Waals surface area contributed by atoms with Crippen molar-refractivity contribution in [1.82, 2.24) is 4.57 Å². The third kappa shape index (κ3) is 2.87. The van der Waals surface area contributed by atoms with Crippen LogP contribution in [0.3, 0.4) is 0 Å². The molecule has 0 aromatic carbocycles. The van der Waals surface area contributed by atoms with Gasteiger partial charge in [-0.1, -0.05) is 0 Å². The van der Waals surface area contributed by atoms with Crippen molar-refractivity contribution in [1.29, 1.82) is 0 Å². The van der Waals surface area contributed by atoms with Crippen molar-refractivity contribution in [3.63, 3.8) is 0 Å². The number of aryl methyl sites for hydroxylation is 1. The number of carboxylic acids is 1. The van der Waals surface area contributed by atoms with Gasteiger partial charge in [-0.15, -0.1) is 0 Å². The molecule has 0 unspecified atom stereocenters. The molecular formula is C12H17NO4. The first kappa shape index (κ1) is 13.3. The van der Waals surface area contributed by atoms with Gasteiger partial charge in [0.05, 0.1) is 12.5 Å². The highest BCUT2D eigenvalue weighted by atomic mass is 16.5. The summed E-state index contributed by atoms with van der Waals surface area (Å²) in [5, 5.41) is 9.04. The average molecular weight is 239 g/mol. The number of esters is 1. The fourth-order valence-corrected chi connectivity index (χ4v) is 1.62. The summed E-state index contributed by atoms with van der Waals surface area (Å²) in [6.07, 6.45) is 2.12. The molecule has 0 aliphatic heterocycles. The largest absolute Gasteiger partial charge is 0.481 e. The summed E-state index contributed by atoms with van der Waals surface area (Å²) >= 11 is 0. The first-order valence-electron chi connectivity index (χ1n) is 5.25. The Morgan fingerprint density at radius 2 is 2.06 bits per heavy atom. The van der Waals surface area contributed by atoms with E-state index >= 15 is 0 Å². The number of carbonyl (C=O) groups is 2. The number of hydrogen-bond acceptors (Lipinski definition) is 3. The van der Waals surface area contributed by atoms with Crippen LogP contribution in [-0.4, -0.2) is 28.7 Å². The molecule has 5 heteroatoms. The second kappa shape index (κ2) is 4.61. The molecule has 94 valence electrons. The molecule has 0 atom stereocenters. The van der Waals surface area contributed by atoms with E-state index in [-0.39, 0.29) is 0 Å². The van der Waals surface area contributed by atoms with Crippen molar-refractivity contribution in [2.75, 3.05) is 7.11 Å². The van der Waals surface area contributed by atoms with Crippen LogP contribution < -0.4 is 0 Å². The number of nitrogens with zero attached hydrogens (tertiary/aromatic N) is 1. The summed E-state index contributed by atoms with van der Waals surface area (Å²) in [4.78, 5) is 22.4. The number of aromatic nitrogens is 1. The predicted octanol–water partition coefficient (Wildman–Crippen LogP) is 1.46. The Hall–Kier alpha value is -1.78. The highest BCUT2D eigenvalue weighted by Gasteiger charge is 2.28. The minimum Gasteiger partial charge on any atom is -0.481 e. The smallest absolute Gasteiger partial charge is 0.354 e. The van der Waals surface area contributed by atoms with E-state index in [1.165, 1.54) is 7.11 Å². The third-order valence-electron chi connectivity index (χ3n) is 2.68. The molecule has 1 heterocycles. The molecule has 0 spiro atoms. The Morgan fingerprint density at radius 1 is 1.47 bits per heavy atom. The van der Waals surface area contributed by atoms with Gasteiger partial charge in [-0.3, -0.25) is 4.79 Å². The van der Waals surface area contributed by atoms with Gasteiger partial charge in [0.1, 0.15) is 5.69 Å². The van der Waals surface area contributed by atoms with E-state index in [2.05, 4.69) is 4.74 Å². The van der Waals surface area contributed by atoms with Crippen LogP contribution >= 0.6 is 0 Å². The summed E-state index contributed by atoms with van der Waals surface area (Å²) in [5.74, 6) is -1.28. The van der Waals surface area contributed by atoms with Crippen molar-refractivity contribution >= 4 is 11.9 Å². The van der Waals surface area contributed by atoms with Crippen molar-refractivity contribution in [3.05, 3.63) is 23.5 Å². The van der Waals surface area contributed by atoms with Gasteiger partial charge in [0, 0.05) is 13.2 Å². The second-order valence-corrected chi connectivity index (χ2v) is 4.70. The average Bonchev–Trinajstić information content (AvgIpc) is 2.57. The van der Waals surface area contributed by atoms with E-state index in [0.717, 1.165) is 5.56 Å². The van der Waals surface area contributed by atoms with E-state index < -0.39 is 17.4 Å². The minimum atomic E-state index is -0.860. The maximum Gasteiger partial charge on any atom is 0.354 e. The summed E-state index contributed by atoms with van der Waals surface area (Å²) in [6.45, 7) is 3.31. The van der Waals surface area contributed by atoms with Crippen molar-refractivity contribution in [2.24, 2.45) is 12.5 Å². The van der Waals surface area contributed by atoms with Gasteiger partial charge in [0.25, 0.3) is 0 Å². The lowest BCUT2D eigenvalue weighted by Gasteiger charge is -2.17. The molecule has 0 amide bonds. The molecule has 0 fully saturated rings. The Kier molecular flexibility index (Phi) is 3.60. The van der Waals surface area contributed by atoms with Crippen molar-refractivity contribution < 1.29 is 19.4 Å². The molecule has 0 saturated carbocycles. The molecular weight excluding hydrogens is 222 g/mol. The van der Waals surface area contributed by atoms with Crippen LogP contribution in [0.25, 0.3) is 0 Å². The quantitative estimate of drug-likeness (QED) is 0.808. The van der Waals surface area contributed by atoms with Crippen molar-refractivity contribution in [3.8, 4) is 0 Å². The second-order valence-electron chi connectivity index (χ2n) is 4.70. The number of ether oxygens (including phenoxy) is 1. The number of aliphatic carboxylic acids is 1. The summed E-state index contributed by atoms with van der Waals surface area (Å²) in [6, 6.07) is 1.66. The van der Waals surface area contributed by atoms with E-state index in [1.54, 1.807) is 37.7 Å². The number of carbonyl (C=O) groups excluding carboxylic acids is 1. The van der Waals surface area contributed by atoms with Crippen LogP contribution in [-0.2, 0) is 23.0 Å². The molecule has 0 bridgehead atoms. The zero-order valence-electron chi connectivity index (χ0n) is 10.5. The van der Waals surface area contributed by atoms with Gasteiger partial charge in [-0.25, -0.2) is 4.79 Å². The number of carboxylic acid groups (broad SMARTS) is 1. The first-order valence-corrected chi connectivity index (χ1v) is 5.25. The fourth-order valence-electron chi connectivity index (χ4n) is 1.62. The zero-order chi connectivity index (χ0) is 13.2. The normalized spacial score (nSPS) is 11.3. The fraction of sp³-hybridized carbons (Fsp3) is 0.500. The van der Waals surface area contributed by atoms with Crippen LogP contribution in [0.1, 0.15) is 29.9 Å². The molecule has 0 aliphatic rings. The highest BCUT2D eigenvalue weighted by molar-refractivity contribution is 5.88. The van der Waals surface area contributed by atoms with E-state index in [9.17, 15) is 9.59 Å². The lowest BCUT2D eigenvalue weighted by atomic mass is 9.87. The highest BCUT2D eigenvalue weighted by Crippen LogP contribution is 2.23. The zero-order valence-corrected chi connectivity index (χ0v) is 10.5. The molecule has 0 aliphatic carbocycles. The van der Waals surface area contributed by atoms with Gasteiger partial charge in [0.2, 0.25) is 0 Å². The topological polar surface area (TPSA) is 68.5 Å². The van der Waals surface area contributed by atoms with Gasteiger partial charge in [-0.2, -0.15) is 0 Å². The predicted molar refractivity (Wildman–Crippen MR) is 61.9 cm³/mol. The molecule has 1 rings (SSSR count). The first-order chi connectivity index (χ1) is 7.77. The summed E-state index contributed by atoms with van der Waals surface area (Å²) in [5.41, 5.74) is 0.373. The van der Waals surface area contributed by atoms with E-state index in [0.29, 0.717) is 12.1 Å². The molecule has 17 heavy (non-hydrogen) atoms. The summed E-state index contributed by atoms with van der Waals surface area (Å²) in [7, 11) is 3.04. The number of rotatable bonds is 4. The monoisotopic (exact) mass is 239 g/mol. The number of methoxy groups -OCH3 is 1. The van der Waals surface area contributed by atoms with E-state index in [4.69, 9.17) is 5.11 Å². The van der Waals surface area contributed by atoms with Gasteiger partial charge in [-0.05, 0) is 31.9 Å². The Labute approximate surface area is 100 Å². The SMILES string of the molecule is COC(=O)c1cc(CC(C)(C)C(=O)O)cn1C. The van der Waals surface area contributed by atoms with Gasteiger partial charge in [0.15, 0.2) is 0 Å². The van der Waals surface area contributed by atoms with Crippen LogP contribution in [0.2, 0.25) is 0 Å². The lowest BCUT2D eigenvalue weighted by molar-refractivity contribution is -0.146. The number of hydrogen-bond donors (Lipinski definition) is 1. The lowest BCUT2D eigenvalue weighted by Crippen LogP contribution is -2.25. The standard InChI is InChI=1S/C12H17NO4/c1-12(2,11(15)16)6-8-5-9(10(14)17-4)13(3)7-8/h5,7H,6H2,1-4H3,(H,15,16). The molecule has 0 radical (unpaired) electrons. The van der Waals surface area contributed by atoms with Gasteiger partial charge >= 0.3 is 11.9 Å². The van der Waals surface area contributed by atoms with Crippen molar-refractivity contribution in [2.45, 2.75) is 20.3 Å². The third-order valence-corrected chi connectivity index (χ3v) is 2.68. The Bertz CT molecular complexity index is 445. The molecule has 0 saturated heterocycles. The summed E-state index contributed by atoms with van der Waals surface area (Å²) < 4.78 is 6.27. The minimum absolute atomic E-state index is 0.368. The molecule has 1 N–H and O–H groups in total.